The Bertz CT molecular complexity index is 1370. The molecule has 1 aliphatic heterocycles. The summed E-state index contributed by atoms with van der Waals surface area (Å²) in [6.45, 7) is -0.291. The van der Waals surface area contributed by atoms with E-state index in [1.54, 1.807) is 12.1 Å². The molecule has 0 aromatic heterocycles. The van der Waals surface area contributed by atoms with E-state index in [0.717, 1.165) is 5.01 Å². The van der Waals surface area contributed by atoms with E-state index in [1.165, 1.54) is 30.3 Å². The van der Waals surface area contributed by atoms with E-state index in [0.29, 0.717) is 20.6 Å². The first-order chi connectivity index (χ1) is 17.2. The smallest absolute Gasteiger partial charge is 0.272 e. The normalized spacial score (nSPS) is 29.8. The number of hydrogen-bond donors (Lipinski definition) is 0. The number of imide groups is 1. The highest BCUT2D eigenvalue weighted by Crippen LogP contribution is 2.77. The van der Waals surface area contributed by atoms with Crippen molar-refractivity contribution < 1.29 is 14.4 Å². The fraction of sp³-hybridized carbons (Fsp3) is 0.261. The van der Waals surface area contributed by atoms with Crippen LogP contribution in [-0.2, 0) is 16.1 Å². The highest BCUT2D eigenvalue weighted by molar-refractivity contribution is 6.66. The van der Waals surface area contributed by atoms with Crippen molar-refractivity contribution in [2.24, 2.45) is 11.8 Å². The number of alkyl halides is 4. The molecule has 2 aromatic rings. The van der Waals surface area contributed by atoms with Gasteiger partial charge in [0.2, 0.25) is 0 Å². The Kier molecular flexibility index (Phi) is 6.97. The second kappa shape index (κ2) is 9.22. The van der Waals surface area contributed by atoms with Crippen LogP contribution < -0.4 is 0 Å². The van der Waals surface area contributed by atoms with Gasteiger partial charge in [-0.25, -0.2) is 5.01 Å². The summed E-state index contributed by atoms with van der Waals surface area (Å²) >= 11 is 57.8. The molecule has 0 unspecified atom stereocenters. The van der Waals surface area contributed by atoms with Gasteiger partial charge in [0.1, 0.15) is 9.75 Å². The maximum Gasteiger partial charge on any atom is 0.273 e. The third-order valence-electron chi connectivity index (χ3n) is 6.79. The fourth-order valence-corrected chi connectivity index (χ4v) is 8.53. The monoisotopic (exact) mass is 678 g/mol. The summed E-state index contributed by atoms with van der Waals surface area (Å²) in [5, 5.41) is 2.08. The van der Waals surface area contributed by atoms with Gasteiger partial charge in [0, 0.05) is 20.6 Å². The van der Waals surface area contributed by atoms with Crippen molar-refractivity contribution >= 4 is 122 Å². The lowest BCUT2D eigenvalue weighted by Crippen LogP contribution is -2.55. The minimum atomic E-state index is -2.10. The molecule has 0 N–H and O–H groups in total. The summed E-state index contributed by atoms with van der Waals surface area (Å²) in [6, 6.07) is 10.5. The van der Waals surface area contributed by atoms with E-state index < -0.39 is 43.6 Å². The molecular weight excluding hydrogens is 671 g/mol. The summed E-state index contributed by atoms with van der Waals surface area (Å²) in [5.41, 5.74) is 0.530. The quantitative estimate of drug-likeness (QED) is 0.246. The Labute approximate surface area is 255 Å². The van der Waals surface area contributed by atoms with Gasteiger partial charge in [-0.3, -0.25) is 14.4 Å². The molecule has 2 bridgehead atoms. The molecule has 14 heteroatoms. The van der Waals surface area contributed by atoms with E-state index in [1.807, 2.05) is 0 Å². The number of hydrogen-bond acceptors (Lipinski definition) is 3. The van der Waals surface area contributed by atoms with Crippen molar-refractivity contribution in [3.63, 3.8) is 0 Å². The molecule has 1 saturated carbocycles. The van der Waals surface area contributed by atoms with Crippen LogP contribution in [0.3, 0.4) is 0 Å². The minimum Gasteiger partial charge on any atom is -0.272 e. The number of fused-ring (bicyclic) bond motifs is 5. The number of hydrazine groups is 1. The van der Waals surface area contributed by atoms with Crippen LogP contribution in [-0.4, -0.2) is 41.8 Å². The number of halogens is 9. The van der Waals surface area contributed by atoms with E-state index in [2.05, 4.69) is 0 Å². The first-order valence-corrected chi connectivity index (χ1v) is 13.8. The van der Waals surface area contributed by atoms with Crippen LogP contribution in [0.4, 0.5) is 0 Å². The van der Waals surface area contributed by atoms with Crippen molar-refractivity contribution in [1.82, 2.24) is 10.0 Å². The lowest BCUT2D eigenvalue weighted by molar-refractivity contribution is -0.156. The van der Waals surface area contributed by atoms with Crippen molar-refractivity contribution in [2.45, 2.75) is 20.6 Å². The van der Waals surface area contributed by atoms with Gasteiger partial charge in [-0.1, -0.05) is 87.3 Å². The summed E-state index contributed by atoms with van der Waals surface area (Å²) in [4.78, 5) is 37.5. The Balaban J connectivity index is 1.63. The van der Waals surface area contributed by atoms with Crippen molar-refractivity contribution in [3.05, 3.63) is 78.7 Å². The van der Waals surface area contributed by atoms with E-state index >= 15 is 0 Å². The van der Waals surface area contributed by atoms with Gasteiger partial charge in [-0.15, -0.1) is 23.2 Å². The number of nitrogens with zero attached hydrogens (tertiary/aromatic N) is 2. The molecule has 5 nitrogen and oxygen atoms in total. The largest absolute Gasteiger partial charge is 0.273 e. The number of rotatable bonds is 4. The highest BCUT2D eigenvalue weighted by Gasteiger charge is 2.88. The summed E-state index contributed by atoms with van der Waals surface area (Å²) in [5.74, 6) is -5.30. The third-order valence-corrected chi connectivity index (χ3v) is 11.9. The molecule has 5 rings (SSSR count). The lowest BCUT2D eigenvalue weighted by atomic mass is 9.84. The van der Waals surface area contributed by atoms with Crippen LogP contribution in [0.15, 0.2) is 52.5 Å². The van der Waals surface area contributed by atoms with Gasteiger partial charge in [-0.2, -0.15) is 5.01 Å². The van der Waals surface area contributed by atoms with Gasteiger partial charge in [0.15, 0.2) is 4.33 Å². The summed E-state index contributed by atoms with van der Waals surface area (Å²) in [6.07, 6.45) is 0. The second-order valence-corrected chi connectivity index (χ2v) is 13.2. The van der Waals surface area contributed by atoms with Gasteiger partial charge in [0.25, 0.3) is 17.7 Å². The molecule has 3 aliphatic rings. The van der Waals surface area contributed by atoms with Crippen molar-refractivity contribution in [1.29, 1.82) is 0 Å². The zero-order valence-electron chi connectivity index (χ0n) is 17.9. The predicted octanol–water partition coefficient (Wildman–Crippen LogP) is 7.65. The maximum atomic E-state index is 13.9. The fourth-order valence-electron chi connectivity index (χ4n) is 5.00. The standard InChI is InChI=1S/C23H11Cl9N2O3/c24-11-4-1-9(2-5-11)18(35)33(8-10-3-6-12(25)7-13(10)26)34-19(36)14-15(20(34)37)22(30)17(28)16(27)21(14,29)23(22,31)32/h1-7,14-15H,8H2/t14-,15+,21-,22-/m1/s1. The van der Waals surface area contributed by atoms with Gasteiger partial charge in [0.05, 0.1) is 28.4 Å². The van der Waals surface area contributed by atoms with Crippen LogP contribution in [0.5, 0.6) is 0 Å². The second-order valence-electron chi connectivity index (χ2n) is 8.67. The summed E-state index contributed by atoms with van der Waals surface area (Å²) < 4.78 is -2.10. The maximum absolute atomic E-state index is 13.9. The van der Waals surface area contributed by atoms with Gasteiger partial charge in [-0.05, 0) is 42.0 Å². The number of carbonyl (C=O) groups excluding carboxylic acids is 3. The first kappa shape index (κ1) is 27.9. The molecular formula is C23H11Cl9N2O3. The third kappa shape index (κ3) is 3.62. The highest BCUT2D eigenvalue weighted by atomic mass is 35.5. The molecule has 4 atom stereocenters. The Morgan fingerprint density at radius 2 is 1.27 bits per heavy atom. The van der Waals surface area contributed by atoms with Crippen LogP contribution in [0, 0.1) is 11.8 Å². The molecule has 0 radical (unpaired) electrons. The Morgan fingerprint density at radius 3 is 1.76 bits per heavy atom. The van der Waals surface area contributed by atoms with Gasteiger partial charge >= 0.3 is 0 Å². The van der Waals surface area contributed by atoms with Crippen LogP contribution >= 0.6 is 104 Å². The van der Waals surface area contributed by atoms with Crippen LogP contribution in [0.25, 0.3) is 0 Å². The van der Waals surface area contributed by atoms with Crippen molar-refractivity contribution in [3.8, 4) is 0 Å². The van der Waals surface area contributed by atoms with Crippen molar-refractivity contribution in [2.75, 3.05) is 0 Å². The average Bonchev–Trinajstić information content (AvgIpc) is 3.22. The molecule has 2 aliphatic carbocycles. The van der Waals surface area contributed by atoms with E-state index in [9.17, 15) is 14.4 Å². The molecule has 194 valence electrons. The molecule has 2 aromatic carbocycles. The average molecular weight is 682 g/mol. The Hall–Kier alpha value is -0.600. The van der Waals surface area contributed by atoms with Crippen LogP contribution in [0.1, 0.15) is 15.9 Å². The zero-order valence-corrected chi connectivity index (χ0v) is 24.7. The molecule has 37 heavy (non-hydrogen) atoms. The van der Waals surface area contributed by atoms with E-state index in [4.69, 9.17) is 104 Å². The first-order valence-electron chi connectivity index (χ1n) is 10.4. The van der Waals surface area contributed by atoms with Gasteiger partial charge < -0.3 is 0 Å². The predicted molar refractivity (Wildman–Crippen MR) is 147 cm³/mol. The molecule has 0 spiro atoms. The van der Waals surface area contributed by atoms with Crippen LogP contribution in [0.2, 0.25) is 15.1 Å². The van der Waals surface area contributed by atoms with E-state index in [-0.39, 0.29) is 27.2 Å². The lowest BCUT2D eigenvalue weighted by Gasteiger charge is -2.37. The zero-order chi connectivity index (χ0) is 27.2. The number of allylic oxidation sites excluding steroid dienone is 2. The number of carbonyl (C=O) groups is 3. The SMILES string of the molecule is O=C(c1ccc(Cl)cc1)N(Cc1ccc(Cl)cc1Cl)N1C(=O)[C@@H]2[C@H](C1=O)[C@@]1(Cl)C(Cl)=C(Cl)[C@@]2(Cl)C1(Cl)Cl. The molecule has 1 saturated heterocycles. The number of benzene rings is 2. The molecule has 2 fully saturated rings. The number of amides is 3. The summed E-state index contributed by atoms with van der Waals surface area (Å²) in [7, 11) is 0. The molecule has 3 amide bonds. The minimum absolute atomic E-state index is 0.134. The Morgan fingerprint density at radius 1 is 0.784 bits per heavy atom. The topological polar surface area (TPSA) is 57.7 Å². The molecule has 1 heterocycles.